The first-order valence-electron chi connectivity index (χ1n) is 19.1. The van der Waals surface area contributed by atoms with Crippen molar-refractivity contribution in [3.8, 4) is 0 Å². The predicted molar refractivity (Wildman–Crippen MR) is 207 cm³/mol. The second kappa shape index (κ2) is 15.9. The maximum absolute atomic E-state index is 13.5. The number of rotatable bonds is 11. The third-order valence-electron chi connectivity index (χ3n) is 11.1. The summed E-state index contributed by atoms with van der Waals surface area (Å²) in [6.45, 7) is 3.01. The van der Waals surface area contributed by atoms with Crippen LogP contribution in [0.3, 0.4) is 0 Å². The number of piperidine rings is 2. The van der Waals surface area contributed by atoms with Gasteiger partial charge in [-0.25, -0.2) is 9.97 Å². The normalized spacial score (nSPS) is 18.1. The van der Waals surface area contributed by atoms with E-state index in [1.807, 2.05) is 0 Å². The Morgan fingerprint density at radius 2 is 1.76 bits per heavy atom. The van der Waals surface area contributed by atoms with Crippen LogP contribution in [0.25, 0.3) is 11.0 Å². The van der Waals surface area contributed by atoms with E-state index in [1.165, 1.54) is 23.0 Å². The molecule has 2 fully saturated rings. The predicted octanol–water partition coefficient (Wildman–Crippen LogP) is 4.49. The van der Waals surface area contributed by atoms with Crippen LogP contribution in [0.5, 0.6) is 0 Å². The van der Waals surface area contributed by atoms with E-state index >= 15 is 0 Å². The number of carbonyl (C=O) groups is 5. The van der Waals surface area contributed by atoms with Crippen LogP contribution in [0, 0.1) is 0 Å². The molecule has 3 aliphatic heterocycles. The number of nitrogen functional groups attached to an aromatic ring is 1. The molecule has 0 radical (unpaired) electrons. The van der Waals surface area contributed by atoms with Crippen molar-refractivity contribution in [3.05, 3.63) is 87.0 Å². The highest BCUT2D eigenvalue weighted by Crippen LogP contribution is 2.36. The van der Waals surface area contributed by atoms with E-state index < -0.39 is 47.5 Å². The van der Waals surface area contributed by atoms with Gasteiger partial charge < -0.3 is 21.3 Å². The van der Waals surface area contributed by atoms with Crippen molar-refractivity contribution in [3.63, 3.8) is 0 Å². The number of alkyl halides is 3. The lowest BCUT2D eigenvalue weighted by molar-refractivity contribution is -0.138. The summed E-state index contributed by atoms with van der Waals surface area (Å²) in [5, 5.41) is 9.09. The molecule has 5 N–H and O–H groups in total. The van der Waals surface area contributed by atoms with Gasteiger partial charge in [0.15, 0.2) is 0 Å². The Hall–Kier alpha value is -6.33. The van der Waals surface area contributed by atoms with Crippen LogP contribution in [0.4, 0.5) is 30.4 Å². The second-order valence-electron chi connectivity index (χ2n) is 14.9. The summed E-state index contributed by atoms with van der Waals surface area (Å²) in [6, 6.07) is 8.29. The van der Waals surface area contributed by atoms with Crippen molar-refractivity contribution in [2.24, 2.45) is 7.05 Å². The average Bonchev–Trinajstić information content (AvgIpc) is 3.44. The van der Waals surface area contributed by atoms with Crippen molar-refractivity contribution in [1.29, 1.82) is 0 Å². The lowest BCUT2D eigenvalue weighted by Crippen LogP contribution is -2.54. The number of anilines is 3. The molecule has 1 unspecified atom stereocenters. The molecule has 7 rings (SSSR count). The summed E-state index contributed by atoms with van der Waals surface area (Å²) >= 11 is 0. The molecule has 5 amide bonds. The second-order valence-corrected chi connectivity index (χ2v) is 14.9. The van der Waals surface area contributed by atoms with Crippen molar-refractivity contribution >= 4 is 57.8 Å². The number of halogens is 3. The smallest absolute Gasteiger partial charge is 0.399 e. The largest absolute Gasteiger partial charge is 0.416 e. The molecular weight excluding hydrogens is 759 g/mol. The third-order valence-corrected chi connectivity index (χ3v) is 11.1. The summed E-state index contributed by atoms with van der Waals surface area (Å²) in [6.07, 6.45) is -0.653. The number of nitrogens with one attached hydrogen (secondary N) is 3. The van der Waals surface area contributed by atoms with Crippen LogP contribution in [-0.4, -0.2) is 79.5 Å². The molecule has 18 heteroatoms. The summed E-state index contributed by atoms with van der Waals surface area (Å²) in [5.74, 6) is -2.14. The quantitative estimate of drug-likeness (QED) is 0.0946. The Morgan fingerprint density at radius 1 is 1.00 bits per heavy atom. The monoisotopic (exact) mass is 801 g/mol. The Labute approximate surface area is 330 Å². The molecule has 304 valence electrons. The van der Waals surface area contributed by atoms with E-state index in [0.29, 0.717) is 85.4 Å². The number of hydrogen-bond donors (Lipinski definition) is 4. The zero-order valence-corrected chi connectivity index (χ0v) is 31.8. The fourth-order valence-corrected chi connectivity index (χ4v) is 7.96. The van der Waals surface area contributed by atoms with Gasteiger partial charge in [-0.05, 0) is 86.9 Å². The van der Waals surface area contributed by atoms with Gasteiger partial charge in [0.1, 0.15) is 23.8 Å². The number of pyridine rings is 1. The lowest BCUT2D eigenvalue weighted by atomic mass is 9.89. The number of unbranched alkanes of at least 4 members (excludes halogenated alkanes) is 1. The highest BCUT2D eigenvalue weighted by Gasteiger charge is 2.45. The minimum absolute atomic E-state index is 0.0183. The van der Waals surface area contributed by atoms with E-state index in [-0.39, 0.29) is 47.0 Å². The topological polar surface area (TPSA) is 202 Å². The number of nitrogens with two attached hydrogens (primary N) is 1. The fourth-order valence-electron chi connectivity index (χ4n) is 7.96. The molecule has 2 aromatic carbocycles. The molecule has 0 aliphatic carbocycles. The van der Waals surface area contributed by atoms with E-state index in [9.17, 15) is 41.9 Å². The maximum Gasteiger partial charge on any atom is 0.416 e. The van der Waals surface area contributed by atoms with Gasteiger partial charge in [-0.15, -0.1) is 0 Å². The first kappa shape index (κ1) is 39.9. The molecular formula is C40H42F3N9O6. The zero-order valence-electron chi connectivity index (χ0n) is 31.8. The minimum atomic E-state index is -4.57. The number of aromatic nitrogens is 3. The molecule has 4 aromatic rings. The van der Waals surface area contributed by atoms with E-state index in [1.54, 1.807) is 37.1 Å². The Balaban J connectivity index is 0.935. The molecule has 58 heavy (non-hydrogen) atoms. The highest BCUT2D eigenvalue weighted by molar-refractivity contribution is 6.25. The first-order valence-corrected chi connectivity index (χ1v) is 19.1. The number of aryl methyl sites for hydroxylation is 1. The summed E-state index contributed by atoms with van der Waals surface area (Å²) in [7, 11) is 1.61. The lowest BCUT2D eigenvalue weighted by Gasteiger charge is -2.32. The number of carbonyl (C=O) groups excluding carboxylic acids is 5. The number of benzene rings is 2. The standard InChI is InChI=1S/C40H42F3N9O6/c1-21(23-16-24(40(41,42)43)18-25(44)17-23)48-34-28-19-27(37(56)50(2)35(28)47-20-46-34)22-11-14-51(15-12-22)32(54)8-3-4-13-45-29-7-5-6-26-33(29)39(58)52(38(26)57)30-9-10-31(53)49-36(30)55/h5-7,16-22,30,45H,3-4,8-15,44H2,1-2H3,(H,46,47,48)(H,49,53,55)/t21-,30?/m1/s1. The first-order chi connectivity index (χ1) is 27.6. The molecule has 3 aliphatic rings. The average molecular weight is 802 g/mol. The van der Waals surface area contributed by atoms with Gasteiger partial charge in [-0.1, -0.05) is 6.07 Å². The molecule has 5 heterocycles. The van der Waals surface area contributed by atoms with Crippen LogP contribution in [0.15, 0.2) is 53.6 Å². The summed E-state index contributed by atoms with van der Waals surface area (Å²) in [4.78, 5) is 88.6. The molecule has 15 nitrogen and oxygen atoms in total. The Kier molecular flexibility index (Phi) is 10.9. The molecule has 2 atom stereocenters. The summed E-state index contributed by atoms with van der Waals surface area (Å²) < 4.78 is 41.9. The maximum atomic E-state index is 13.5. The Bertz CT molecular complexity index is 2390. The Morgan fingerprint density at radius 3 is 2.48 bits per heavy atom. The molecule has 0 spiro atoms. The van der Waals surface area contributed by atoms with E-state index in [4.69, 9.17) is 5.73 Å². The van der Waals surface area contributed by atoms with Crippen LogP contribution < -0.4 is 27.2 Å². The molecule has 0 bridgehead atoms. The van der Waals surface area contributed by atoms with Crippen molar-refractivity contribution < 1.29 is 37.1 Å². The van der Waals surface area contributed by atoms with Crippen molar-refractivity contribution in [1.82, 2.24) is 29.7 Å². The van der Waals surface area contributed by atoms with Crippen LogP contribution in [0.1, 0.15) is 101 Å². The van der Waals surface area contributed by atoms with Crippen molar-refractivity contribution in [2.45, 2.75) is 76.0 Å². The van der Waals surface area contributed by atoms with Crippen LogP contribution in [-0.2, 0) is 27.6 Å². The summed E-state index contributed by atoms with van der Waals surface area (Å²) in [5.41, 5.74) is 6.69. The SMILES string of the molecule is C[C@@H](Nc1ncnc2c1cc(C1CCN(C(=O)CCCCNc3cccc4c3C(=O)N(C3CCC(=O)NC3=O)C4=O)CC1)c(=O)n2C)c1cc(N)cc(C(F)(F)F)c1. The van der Waals surface area contributed by atoms with Gasteiger partial charge in [0.25, 0.3) is 17.4 Å². The van der Waals surface area contributed by atoms with E-state index in [0.717, 1.165) is 17.0 Å². The number of imide groups is 2. The number of amides is 5. The van der Waals surface area contributed by atoms with E-state index in [2.05, 4.69) is 25.9 Å². The van der Waals surface area contributed by atoms with Gasteiger partial charge in [-0.2, -0.15) is 13.2 Å². The number of nitrogens with zero attached hydrogens (tertiary/aromatic N) is 5. The van der Waals surface area contributed by atoms with Gasteiger partial charge in [-0.3, -0.25) is 43.6 Å². The highest BCUT2D eigenvalue weighted by atomic mass is 19.4. The number of fused-ring (bicyclic) bond motifs is 2. The fraction of sp³-hybridized carbons (Fsp3) is 0.400. The minimum Gasteiger partial charge on any atom is -0.399 e. The molecule has 2 aromatic heterocycles. The zero-order chi connectivity index (χ0) is 41.5. The molecule has 2 saturated heterocycles. The van der Waals surface area contributed by atoms with Gasteiger partial charge in [0.2, 0.25) is 17.7 Å². The van der Waals surface area contributed by atoms with Crippen molar-refractivity contribution in [2.75, 3.05) is 36.0 Å². The molecule has 0 saturated carbocycles. The third kappa shape index (κ3) is 7.82. The number of likely N-dealkylation sites (tertiary alicyclic amines) is 1. The van der Waals surface area contributed by atoms with Crippen LogP contribution in [0.2, 0.25) is 0 Å². The van der Waals surface area contributed by atoms with Gasteiger partial charge >= 0.3 is 6.18 Å². The van der Waals surface area contributed by atoms with Gasteiger partial charge in [0, 0.05) is 56.5 Å². The number of hydrogen-bond acceptors (Lipinski definition) is 11. The van der Waals surface area contributed by atoms with Crippen LogP contribution >= 0.6 is 0 Å². The van der Waals surface area contributed by atoms with Gasteiger partial charge in [0.05, 0.1) is 28.1 Å².